The van der Waals surface area contributed by atoms with Gasteiger partial charge in [-0.1, -0.05) is 17.7 Å². The van der Waals surface area contributed by atoms with E-state index in [1.807, 2.05) is 43.3 Å². The maximum Gasteiger partial charge on any atom is 0.279 e. The maximum atomic E-state index is 12.5. The van der Waals surface area contributed by atoms with Crippen LogP contribution in [0.1, 0.15) is 30.0 Å². The molecule has 1 fully saturated rings. The monoisotopic (exact) mass is 355 g/mol. The van der Waals surface area contributed by atoms with Crippen molar-refractivity contribution >= 4 is 11.6 Å². The highest BCUT2D eigenvalue weighted by Crippen LogP contribution is 2.31. The van der Waals surface area contributed by atoms with E-state index in [0.29, 0.717) is 6.54 Å². The van der Waals surface area contributed by atoms with Crippen molar-refractivity contribution in [1.29, 1.82) is 0 Å². The highest BCUT2D eigenvalue weighted by Gasteiger charge is 2.33. The summed E-state index contributed by atoms with van der Waals surface area (Å²) in [5, 5.41) is 3.00. The van der Waals surface area contributed by atoms with E-state index in [-0.39, 0.29) is 11.9 Å². The van der Waals surface area contributed by atoms with Crippen LogP contribution in [0.2, 0.25) is 0 Å². The molecule has 0 aliphatic carbocycles. The van der Waals surface area contributed by atoms with Gasteiger partial charge in [-0.3, -0.25) is 4.79 Å². The number of aryl methyl sites for hydroxylation is 1. The van der Waals surface area contributed by atoms with Crippen molar-refractivity contribution in [2.24, 2.45) is 0 Å². The van der Waals surface area contributed by atoms with E-state index in [4.69, 9.17) is 9.47 Å². The summed E-state index contributed by atoms with van der Waals surface area (Å²) in [6.07, 6.45) is 2.16. The Hall–Kier alpha value is -2.53. The van der Waals surface area contributed by atoms with Crippen LogP contribution in [0.3, 0.4) is 0 Å². The van der Waals surface area contributed by atoms with Gasteiger partial charge in [-0.15, -0.1) is 0 Å². The molecular weight excluding hydrogens is 328 g/mol. The molecule has 1 aliphatic heterocycles. The molecule has 2 atom stereocenters. The molecule has 0 spiro atoms. The molecule has 1 saturated heterocycles. The van der Waals surface area contributed by atoms with E-state index in [1.165, 1.54) is 10.5 Å². The zero-order valence-electron chi connectivity index (χ0n) is 15.7. The zero-order valence-corrected chi connectivity index (χ0v) is 15.7. The van der Waals surface area contributed by atoms with Crippen molar-refractivity contribution in [2.75, 3.05) is 32.6 Å². The van der Waals surface area contributed by atoms with Gasteiger partial charge in [0, 0.05) is 24.6 Å². The molecule has 1 amide bonds. The van der Waals surface area contributed by atoms with E-state index in [0.717, 1.165) is 42.1 Å². The summed E-state index contributed by atoms with van der Waals surface area (Å²) in [7, 11) is 3.33. The van der Waals surface area contributed by atoms with Crippen LogP contribution in [0.15, 0.2) is 42.5 Å². The Morgan fingerprint density at radius 2 is 1.92 bits per heavy atom. The number of hydrogen-bond donors (Lipinski definition) is 2. The number of nitrogens with one attached hydrogen (secondary N) is 2. The first-order chi connectivity index (χ1) is 12.6. The van der Waals surface area contributed by atoms with Crippen LogP contribution in [0.25, 0.3) is 0 Å². The van der Waals surface area contributed by atoms with Gasteiger partial charge in [0.25, 0.3) is 5.91 Å². The van der Waals surface area contributed by atoms with Crippen LogP contribution in [-0.4, -0.2) is 33.2 Å². The van der Waals surface area contributed by atoms with Gasteiger partial charge >= 0.3 is 0 Å². The van der Waals surface area contributed by atoms with Crippen LogP contribution in [0.5, 0.6) is 11.5 Å². The molecule has 5 heteroatoms. The van der Waals surface area contributed by atoms with Gasteiger partial charge in [-0.2, -0.15) is 0 Å². The van der Waals surface area contributed by atoms with Gasteiger partial charge in [-0.25, -0.2) is 0 Å². The Labute approximate surface area is 154 Å². The molecule has 138 valence electrons. The summed E-state index contributed by atoms with van der Waals surface area (Å²) < 4.78 is 10.9. The molecular formula is C21H27N2O3+. The third-order valence-electron chi connectivity index (χ3n) is 5.02. The molecule has 1 unspecified atom stereocenters. The number of quaternary nitrogens is 1. The number of carbonyl (C=O) groups is 1. The maximum absolute atomic E-state index is 12.5. The lowest BCUT2D eigenvalue weighted by Crippen LogP contribution is -3.11. The number of benzene rings is 2. The fourth-order valence-electron chi connectivity index (χ4n) is 3.65. The number of hydrogen-bond acceptors (Lipinski definition) is 3. The Bertz CT molecular complexity index is 758. The normalized spacial score (nSPS) is 19.2. The molecule has 2 N–H and O–H groups in total. The predicted octanol–water partition coefficient (Wildman–Crippen LogP) is 2.37. The summed E-state index contributed by atoms with van der Waals surface area (Å²) in [5.41, 5.74) is 3.17. The number of rotatable bonds is 6. The van der Waals surface area contributed by atoms with Gasteiger partial charge in [0.1, 0.15) is 17.5 Å². The molecule has 3 rings (SSSR count). The molecule has 0 aromatic heterocycles. The fourth-order valence-corrected chi connectivity index (χ4v) is 3.65. The summed E-state index contributed by atoms with van der Waals surface area (Å²) in [4.78, 5) is 13.8. The van der Waals surface area contributed by atoms with Crippen LogP contribution >= 0.6 is 0 Å². The average molecular weight is 355 g/mol. The van der Waals surface area contributed by atoms with E-state index in [9.17, 15) is 4.79 Å². The van der Waals surface area contributed by atoms with Crippen LogP contribution in [-0.2, 0) is 4.79 Å². The predicted molar refractivity (Wildman–Crippen MR) is 102 cm³/mol. The minimum Gasteiger partial charge on any atom is -0.497 e. The zero-order chi connectivity index (χ0) is 18.5. The Balaban J connectivity index is 1.70. The quantitative estimate of drug-likeness (QED) is 0.836. The molecule has 5 nitrogen and oxygen atoms in total. The standard InChI is InChI=1S/C21H26N2O3/c1-15-6-8-16(9-7-15)22-21(24)14-23-12-4-5-19(23)18-11-10-17(25-2)13-20(18)26-3/h6-11,13,19H,4-5,12,14H2,1-3H3,(H,22,24)/p+1/t19-/m1/s1. The number of amides is 1. The Kier molecular flexibility index (Phi) is 5.78. The summed E-state index contributed by atoms with van der Waals surface area (Å²) in [6.45, 7) is 3.47. The lowest BCUT2D eigenvalue weighted by molar-refractivity contribution is -0.910. The van der Waals surface area contributed by atoms with Crippen LogP contribution in [0.4, 0.5) is 5.69 Å². The number of likely N-dealkylation sites (tertiary alicyclic amines) is 1. The molecule has 2 aromatic rings. The third kappa shape index (κ3) is 4.17. The van der Waals surface area contributed by atoms with Crippen molar-refractivity contribution < 1.29 is 19.2 Å². The van der Waals surface area contributed by atoms with E-state index >= 15 is 0 Å². The third-order valence-corrected chi connectivity index (χ3v) is 5.02. The molecule has 1 aliphatic rings. The number of methoxy groups -OCH3 is 2. The topological polar surface area (TPSA) is 52.0 Å². The number of ether oxygens (including phenoxy) is 2. The molecule has 0 bridgehead atoms. The van der Waals surface area contributed by atoms with E-state index in [2.05, 4.69) is 11.4 Å². The second-order valence-electron chi connectivity index (χ2n) is 6.80. The first-order valence-electron chi connectivity index (χ1n) is 9.03. The lowest BCUT2D eigenvalue weighted by atomic mass is 10.0. The SMILES string of the molecule is COc1ccc([C@H]2CCC[NH+]2CC(=O)Nc2ccc(C)cc2)c(OC)c1. The number of carbonyl (C=O) groups excluding carboxylic acids is 1. The first kappa shape index (κ1) is 18.3. The molecule has 0 saturated carbocycles. The van der Waals surface area contributed by atoms with Gasteiger partial charge < -0.3 is 19.7 Å². The highest BCUT2D eigenvalue weighted by molar-refractivity contribution is 5.91. The molecule has 1 heterocycles. The molecule has 26 heavy (non-hydrogen) atoms. The summed E-state index contributed by atoms with van der Waals surface area (Å²) in [6, 6.07) is 14.1. The van der Waals surface area contributed by atoms with Crippen LogP contribution < -0.4 is 19.7 Å². The minimum atomic E-state index is 0.0447. The van der Waals surface area contributed by atoms with Crippen LogP contribution in [0, 0.1) is 6.92 Å². The first-order valence-corrected chi connectivity index (χ1v) is 9.03. The van der Waals surface area contributed by atoms with E-state index in [1.54, 1.807) is 14.2 Å². The largest absolute Gasteiger partial charge is 0.497 e. The second-order valence-corrected chi connectivity index (χ2v) is 6.80. The Morgan fingerprint density at radius 1 is 1.15 bits per heavy atom. The van der Waals surface area contributed by atoms with Crippen molar-refractivity contribution in [2.45, 2.75) is 25.8 Å². The minimum absolute atomic E-state index is 0.0447. The fraction of sp³-hybridized carbons (Fsp3) is 0.381. The summed E-state index contributed by atoms with van der Waals surface area (Å²) >= 11 is 0. The summed E-state index contributed by atoms with van der Waals surface area (Å²) in [5.74, 6) is 1.65. The lowest BCUT2D eigenvalue weighted by Gasteiger charge is -2.23. The van der Waals surface area contributed by atoms with Crippen molar-refractivity contribution in [1.82, 2.24) is 0 Å². The van der Waals surface area contributed by atoms with Gasteiger partial charge in [0.05, 0.1) is 26.3 Å². The molecule has 0 radical (unpaired) electrons. The average Bonchev–Trinajstić information content (AvgIpc) is 3.10. The van der Waals surface area contributed by atoms with Gasteiger partial charge in [0.2, 0.25) is 0 Å². The highest BCUT2D eigenvalue weighted by atomic mass is 16.5. The van der Waals surface area contributed by atoms with Crippen molar-refractivity contribution in [3.63, 3.8) is 0 Å². The van der Waals surface area contributed by atoms with Crippen molar-refractivity contribution in [3.05, 3.63) is 53.6 Å². The van der Waals surface area contributed by atoms with E-state index < -0.39 is 0 Å². The smallest absolute Gasteiger partial charge is 0.279 e. The second kappa shape index (κ2) is 8.23. The Morgan fingerprint density at radius 3 is 2.62 bits per heavy atom. The van der Waals surface area contributed by atoms with Gasteiger partial charge in [0.15, 0.2) is 6.54 Å². The number of anilines is 1. The van der Waals surface area contributed by atoms with Gasteiger partial charge in [-0.05, 0) is 31.2 Å². The molecule has 2 aromatic carbocycles. The van der Waals surface area contributed by atoms with Crippen molar-refractivity contribution in [3.8, 4) is 11.5 Å².